The van der Waals surface area contributed by atoms with Crippen molar-refractivity contribution in [2.75, 3.05) is 19.5 Å². The summed E-state index contributed by atoms with van der Waals surface area (Å²) in [5.74, 6) is 2.08. The quantitative estimate of drug-likeness (QED) is 0.187. The topological polar surface area (TPSA) is 90.6 Å². The number of nitrogens with zero attached hydrogens (tertiary/aromatic N) is 4. The lowest BCUT2D eigenvalue weighted by atomic mass is 10.1. The van der Waals surface area contributed by atoms with Gasteiger partial charge in [0.05, 0.1) is 25.2 Å². The minimum Gasteiger partial charge on any atom is -0.497 e. The van der Waals surface area contributed by atoms with Crippen LogP contribution in [0.15, 0.2) is 89.1 Å². The lowest BCUT2D eigenvalue weighted by molar-refractivity contribution is -0.118. The van der Waals surface area contributed by atoms with Crippen LogP contribution >= 0.6 is 11.8 Å². The lowest BCUT2D eigenvalue weighted by Crippen LogP contribution is -2.21. The summed E-state index contributed by atoms with van der Waals surface area (Å²) in [5, 5.41) is 13.6. The largest absolute Gasteiger partial charge is 0.497 e. The van der Waals surface area contributed by atoms with E-state index in [-0.39, 0.29) is 11.7 Å². The number of rotatable bonds is 10. The van der Waals surface area contributed by atoms with E-state index in [1.165, 1.54) is 11.8 Å². The first-order valence-corrected chi connectivity index (χ1v) is 12.4. The molecule has 0 spiro atoms. The van der Waals surface area contributed by atoms with Gasteiger partial charge in [0.25, 0.3) is 5.91 Å². The molecule has 9 heteroatoms. The number of carbonyl (C=O) groups excluding carboxylic acids is 1. The summed E-state index contributed by atoms with van der Waals surface area (Å²) in [4.78, 5) is 12.6. The summed E-state index contributed by atoms with van der Waals surface area (Å²) in [6, 6.07) is 25.0. The Morgan fingerprint density at radius 3 is 2.50 bits per heavy atom. The summed E-state index contributed by atoms with van der Waals surface area (Å²) in [6.45, 7) is 4.37. The van der Waals surface area contributed by atoms with Crippen LogP contribution in [0, 0.1) is 0 Å². The smallest absolute Gasteiger partial charge is 0.250 e. The van der Waals surface area contributed by atoms with E-state index in [1.54, 1.807) is 7.11 Å². The van der Waals surface area contributed by atoms with Crippen LogP contribution in [0.1, 0.15) is 19.4 Å². The predicted molar refractivity (Wildman–Crippen MR) is 142 cm³/mol. The van der Waals surface area contributed by atoms with Gasteiger partial charge in [0.15, 0.2) is 11.0 Å². The van der Waals surface area contributed by atoms with Crippen LogP contribution in [0.4, 0.5) is 0 Å². The Labute approximate surface area is 214 Å². The fourth-order valence-electron chi connectivity index (χ4n) is 3.45. The van der Waals surface area contributed by atoms with Gasteiger partial charge in [0.1, 0.15) is 11.5 Å². The molecule has 1 aromatic heterocycles. The number of benzene rings is 3. The molecule has 4 aromatic rings. The van der Waals surface area contributed by atoms with Gasteiger partial charge in [0.2, 0.25) is 0 Å². The molecular formula is C27H27N5O3S. The molecule has 8 nitrogen and oxygen atoms in total. The predicted octanol–water partition coefficient (Wildman–Crippen LogP) is 4.97. The molecule has 4 rings (SSSR count). The molecule has 36 heavy (non-hydrogen) atoms. The van der Waals surface area contributed by atoms with Crippen LogP contribution in [0.2, 0.25) is 0 Å². The maximum absolute atomic E-state index is 12.6. The number of methoxy groups -OCH3 is 1. The van der Waals surface area contributed by atoms with E-state index in [9.17, 15) is 4.79 Å². The average molecular weight is 502 g/mol. The highest BCUT2D eigenvalue weighted by atomic mass is 32.2. The monoisotopic (exact) mass is 501 g/mol. The minimum atomic E-state index is -0.246. The summed E-state index contributed by atoms with van der Waals surface area (Å²) >= 11 is 1.29. The Hall–Kier alpha value is -4.11. The van der Waals surface area contributed by atoms with Gasteiger partial charge < -0.3 is 9.47 Å². The molecule has 0 aliphatic rings. The van der Waals surface area contributed by atoms with Gasteiger partial charge in [-0.2, -0.15) is 5.10 Å². The van der Waals surface area contributed by atoms with Crippen molar-refractivity contribution < 1.29 is 14.3 Å². The summed E-state index contributed by atoms with van der Waals surface area (Å²) in [7, 11) is 1.61. The Bertz CT molecular complexity index is 1340. The first-order chi connectivity index (χ1) is 17.6. The number of hydrogen-bond donors (Lipinski definition) is 1. The molecule has 0 aliphatic heterocycles. The van der Waals surface area contributed by atoms with Crippen molar-refractivity contribution in [3.63, 3.8) is 0 Å². The molecule has 3 aromatic carbocycles. The van der Waals surface area contributed by atoms with E-state index in [4.69, 9.17) is 9.47 Å². The maximum Gasteiger partial charge on any atom is 0.250 e. The van der Waals surface area contributed by atoms with Crippen molar-refractivity contribution in [2.24, 2.45) is 5.10 Å². The van der Waals surface area contributed by atoms with Gasteiger partial charge in [-0.05, 0) is 50.2 Å². The number of aromatic nitrogens is 3. The van der Waals surface area contributed by atoms with Crippen molar-refractivity contribution >= 4 is 23.4 Å². The van der Waals surface area contributed by atoms with Crippen LogP contribution in [0.5, 0.6) is 11.5 Å². The molecular weight excluding hydrogens is 474 g/mol. The third kappa shape index (κ3) is 6.11. The normalized spacial score (nSPS) is 11.2. The first kappa shape index (κ1) is 25.0. The highest BCUT2D eigenvalue weighted by Crippen LogP contribution is 2.28. The zero-order valence-corrected chi connectivity index (χ0v) is 21.2. The summed E-state index contributed by atoms with van der Waals surface area (Å²) < 4.78 is 12.8. The zero-order chi connectivity index (χ0) is 25.3. The molecule has 0 saturated carbocycles. The van der Waals surface area contributed by atoms with Crippen LogP contribution < -0.4 is 14.9 Å². The van der Waals surface area contributed by atoms with E-state index in [1.807, 2.05) is 97.3 Å². The SMILES string of the molecule is CCOc1ccc(-n2c(SCC(=O)NN=C(C)c3cccc(OC)c3)nnc2-c2ccccc2)cc1. The molecule has 0 bridgehead atoms. The molecule has 0 unspecified atom stereocenters. The third-order valence-corrected chi connectivity index (χ3v) is 6.17. The second kappa shape index (κ2) is 12.0. The number of nitrogens with one attached hydrogen (secondary N) is 1. The second-order valence-electron chi connectivity index (χ2n) is 7.69. The van der Waals surface area contributed by atoms with Crippen molar-refractivity contribution in [1.29, 1.82) is 0 Å². The van der Waals surface area contributed by atoms with E-state index >= 15 is 0 Å². The van der Waals surface area contributed by atoms with Gasteiger partial charge in [0, 0.05) is 16.8 Å². The fraction of sp³-hybridized carbons (Fsp3) is 0.185. The Balaban J connectivity index is 1.51. The van der Waals surface area contributed by atoms with Gasteiger partial charge in [-0.1, -0.05) is 54.2 Å². The van der Waals surface area contributed by atoms with Gasteiger partial charge in [-0.25, -0.2) is 5.43 Å². The minimum absolute atomic E-state index is 0.124. The molecule has 0 aliphatic carbocycles. The number of hydrazone groups is 1. The van der Waals surface area contributed by atoms with Gasteiger partial charge in [-0.3, -0.25) is 9.36 Å². The van der Waals surface area contributed by atoms with E-state index in [0.29, 0.717) is 23.3 Å². The zero-order valence-electron chi connectivity index (χ0n) is 20.3. The molecule has 0 saturated heterocycles. The van der Waals surface area contributed by atoms with Crippen molar-refractivity contribution in [3.8, 4) is 28.6 Å². The Kier molecular flexibility index (Phi) is 8.36. The van der Waals surface area contributed by atoms with Gasteiger partial charge >= 0.3 is 0 Å². The first-order valence-electron chi connectivity index (χ1n) is 11.4. The van der Waals surface area contributed by atoms with Crippen LogP contribution in [0.25, 0.3) is 17.1 Å². The average Bonchev–Trinajstić information content (AvgIpc) is 3.35. The maximum atomic E-state index is 12.6. The van der Waals surface area contributed by atoms with Crippen molar-refractivity contribution in [3.05, 3.63) is 84.4 Å². The lowest BCUT2D eigenvalue weighted by Gasteiger charge is -2.11. The van der Waals surface area contributed by atoms with Gasteiger partial charge in [-0.15, -0.1) is 10.2 Å². The standard InChI is InChI=1S/C27H27N5O3S/c1-4-35-23-15-13-22(14-16-23)32-26(20-9-6-5-7-10-20)30-31-27(32)36-18-25(33)29-28-19(2)21-11-8-12-24(17-21)34-3/h5-17H,4,18H2,1-3H3,(H,29,33). The molecule has 1 amide bonds. The molecule has 1 heterocycles. The fourth-order valence-corrected chi connectivity index (χ4v) is 4.19. The van der Waals surface area contributed by atoms with Crippen molar-refractivity contribution in [2.45, 2.75) is 19.0 Å². The van der Waals surface area contributed by atoms with E-state index in [0.717, 1.165) is 28.3 Å². The Morgan fingerprint density at radius 1 is 1.00 bits per heavy atom. The van der Waals surface area contributed by atoms with E-state index in [2.05, 4.69) is 20.7 Å². The molecule has 184 valence electrons. The number of thioether (sulfide) groups is 1. The van der Waals surface area contributed by atoms with E-state index < -0.39 is 0 Å². The third-order valence-electron chi connectivity index (χ3n) is 5.24. The Morgan fingerprint density at radius 2 is 1.78 bits per heavy atom. The molecule has 0 fully saturated rings. The number of hydrogen-bond acceptors (Lipinski definition) is 7. The highest BCUT2D eigenvalue weighted by Gasteiger charge is 2.17. The number of ether oxygens (including phenoxy) is 2. The van der Waals surface area contributed by atoms with Crippen LogP contribution in [0.3, 0.4) is 0 Å². The summed E-state index contributed by atoms with van der Waals surface area (Å²) in [5.41, 5.74) is 5.96. The number of amides is 1. The number of carbonyl (C=O) groups is 1. The van der Waals surface area contributed by atoms with Crippen LogP contribution in [-0.2, 0) is 4.79 Å². The molecule has 0 radical (unpaired) electrons. The second-order valence-corrected chi connectivity index (χ2v) is 8.63. The van der Waals surface area contributed by atoms with Crippen LogP contribution in [-0.4, -0.2) is 45.9 Å². The molecule has 1 N–H and O–H groups in total. The summed E-state index contributed by atoms with van der Waals surface area (Å²) in [6.07, 6.45) is 0. The highest BCUT2D eigenvalue weighted by molar-refractivity contribution is 7.99. The molecule has 0 atom stereocenters. The van der Waals surface area contributed by atoms with Crippen molar-refractivity contribution in [1.82, 2.24) is 20.2 Å².